The minimum absolute atomic E-state index is 0.0322. The average molecular weight is 429 g/mol. The summed E-state index contributed by atoms with van der Waals surface area (Å²) >= 11 is 1.46. The first-order valence-electron chi connectivity index (χ1n) is 10.6. The number of aromatic nitrogens is 2. The lowest BCUT2D eigenvalue weighted by atomic mass is 9.81. The quantitative estimate of drug-likeness (QED) is 0.719. The number of hydrogen-bond donors (Lipinski definition) is 0. The number of fused-ring (bicyclic) bond motifs is 1. The van der Waals surface area contributed by atoms with Gasteiger partial charge in [-0.15, -0.1) is 11.3 Å². The van der Waals surface area contributed by atoms with E-state index >= 15 is 0 Å². The third-order valence-electron chi connectivity index (χ3n) is 6.47. The fourth-order valence-electron chi connectivity index (χ4n) is 4.50. The molecule has 2 aliphatic rings. The van der Waals surface area contributed by atoms with Crippen LogP contribution < -0.4 is 5.56 Å². The fraction of sp³-hybridized carbons (Fsp3) is 0.619. The topological polar surface area (TPSA) is 85.0 Å². The first-order valence-corrected chi connectivity index (χ1v) is 11.5. The minimum Gasteiger partial charge on any atom is -0.326 e. The summed E-state index contributed by atoms with van der Waals surface area (Å²) in [5, 5.41) is 11.6. The van der Waals surface area contributed by atoms with Gasteiger partial charge in [0.05, 0.1) is 18.3 Å². The van der Waals surface area contributed by atoms with Gasteiger partial charge in [-0.05, 0) is 12.8 Å². The third-order valence-corrected chi connectivity index (χ3v) is 7.23. The lowest BCUT2D eigenvalue weighted by Crippen LogP contribution is -2.54. The molecule has 1 aliphatic carbocycles. The van der Waals surface area contributed by atoms with Crippen LogP contribution in [-0.2, 0) is 11.3 Å². The zero-order chi connectivity index (χ0) is 21.1. The first-order chi connectivity index (χ1) is 14.5. The van der Waals surface area contributed by atoms with E-state index in [1.807, 2.05) is 5.38 Å². The number of piperazine rings is 1. The predicted octanol–water partition coefficient (Wildman–Crippen LogP) is 1.56. The van der Waals surface area contributed by atoms with Crippen molar-refractivity contribution in [2.75, 3.05) is 39.8 Å². The molecule has 160 valence electrons. The van der Waals surface area contributed by atoms with Crippen molar-refractivity contribution < 1.29 is 4.79 Å². The number of nitrogens with zero attached hydrogens (tertiary/aromatic N) is 6. The number of hydrogen-bond acceptors (Lipinski definition) is 7. The molecule has 2 aromatic heterocycles. The van der Waals surface area contributed by atoms with Crippen LogP contribution in [0, 0.1) is 11.3 Å². The number of nitriles is 1. The summed E-state index contributed by atoms with van der Waals surface area (Å²) < 4.78 is 1.56. The van der Waals surface area contributed by atoms with Crippen LogP contribution in [0.4, 0.5) is 0 Å². The van der Waals surface area contributed by atoms with Crippen molar-refractivity contribution in [1.82, 2.24) is 24.1 Å². The summed E-state index contributed by atoms with van der Waals surface area (Å²) in [5.74, 6) is 0.0322. The fourth-order valence-corrected chi connectivity index (χ4v) is 5.24. The van der Waals surface area contributed by atoms with Crippen molar-refractivity contribution in [2.24, 2.45) is 0 Å². The molecule has 0 radical (unpaired) electrons. The van der Waals surface area contributed by atoms with E-state index in [1.165, 1.54) is 11.3 Å². The molecule has 0 bridgehead atoms. The van der Waals surface area contributed by atoms with E-state index < -0.39 is 5.54 Å². The predicted molar refractivity (Wildman–Crippen MR) is 115 cm³/mol. The van der Waals surface area contributed by atoms with Crippen LogP contribution in [-0.4, -0.2) is 75.3 Å². The lowest BCUT2D eigenvalue weighted by molar-refractivity contribution is -0.136. The Bertz CT molecular complexity index is 995. The van der Waals surface area contributed by atoms with Gasteiger partial charge in [0.2, 0.25) is 5.91 Å². The molecular weight excluding hydrogens is 400 g/mol. The molecule has 0 aromatic carbocycles. The van der Waals surface area contributed by atoms with Crippen molar-refractivity contribution in [3.8, 4) is 6.07 Å². The molecule has 30 heavy (non-hydrogen) atoms. The molecule has 9 heteroatoms. The van der Waals surface area contributed by atoms with Crippen molar-refractivity contribution >= 4 is 22.2 Å². The lowest BCUT2D eigenvalue weighted by Gasteiger charge is -2.41. The standard InChI is InChI=1S/C21H28N6O2S/c1-24(21(16-22)5-3-2-4-6-21)19(29)15-26-9-7-25(8-10-26)14-17-13-18(28)27-11-12-30-20(27)23-17/h11-13H,2-10,14-15H2,1H3. The summed E-state index contributed by atoms with van der Waals surface area (Å²) in [7, 11) is 1.79. The highest BCUT2D eigenvalue weighted by atomic mass is 32.1. The molecule has 0 atom stereocenters. The van der Waals surface area contributed by atoms with Crippen molar-refractivity contribution in [2.45, 2.75) is 44.2 Å². The summed E-state index contributed by atoms with van der Waals surface area (Å²) in [6.45, 7) is 4.23. The van der Waals surface area contributed by atoms with Gasteiger partial charge >= 0.3 is 0 Å². The van der Waals surface area contributed by atoms with Gasteiger partial charge in [0.25, 0.3) is 5.56 Å². The molecule has 1 saturated heterocycles. The summed E-state index contributed by atoms with van der Waals surface area (Å²) in [5.41, 5.74) is 0.120. The molecular formula is C21H28N6O2S. The Morgan fingerprint density at radius 3 is 2.63 bits per heavy atom. The van der Waals surface area contributed by atoms with Gasteiger partial charge in [0, 0.05) is 57.4 Å². The van der Waals surface area contributed by atoms with Gasteiger partial charge in [0.15, 0.2) is 4.96 Å². The largest absolute Gasteiger partial charge is 0.326 e. The second-order valence-electron chi connectivity index (χ2n) is 8.35. The Morgan fingerprint density at radius 1 is 1.23 bits per heavy atom. The van der Waals surface area contributed by atoms with Gasteiger partial charge < -0.3 is 4.90 Å². The normalized spacial score (nSPS) is 20.1. The van der Waals surface area contributed by atoms with Crippen LogP contribution in [0.25, 0.3) is 4.96 Å². The van der Waals surface area contributed by atoms with Crippen molar-refractivity contribution in [3.05, 3.63) is 33.7 Å². The highest BCUT2D eigenvalue weighted by Crippen LogP contribution is 2.32. The van der Waals surface area contributed by atoms with E-state index in [2.05, 4.69) is 20.9 Å². The molecule has 1 aliphatic heterocycles. The van der Waals surface area contributed by atoms with Crippen LogP contribution in [0.5, 0.6) is 0 Å². The van der Waals surface area contributed by atoms with Gasteiger partial charge in [-0.25, -0.2) is 4.98 Å². The van der Waals surface area contributed by atoms with E-state index in [4.69, 9.17) is 0 Å². The number of thiazole rings is 1. The highest BCUT2D eigenvalue weighted by Gasteiger charge is 2.39. The summed E-state index contributed by atoms with van der Waals surface area (Å²) in [6, 6.07) is 4.04. The molecule has 3 heterocycles. The first kappa shape index (κ1) is 21.0. The summed E-state index contributed by atoms with van der Waals surface area (Å²) in [4.78, 5) is 36.5. The van der Waals surface area contributed by atoms with Gasteiger partial charge in [-0.3, -0.25) is 23.8 Å². The maximum absolute atomic E-state index is 12.9. The Hall–Kier alpha value is -2.28. The smallest absolute Gasteiger partial charge is 0.258 e. The van der Waals surface area contributed by atoms with Crippen molar-refractivity contribution in [3.63, 3.8) is 0 Å². The van der Waals surface area contributed by atoms with Crippen molar-refractivity contribution in [1.29, 1.82) is 5.26 Å². The van der Waals surface area contributed by atoms with Crippen LogP contribution in [0.3, 0.4) is 0 Å². The number of likely N-dealkylation sites (N-methyl/N-ethyl adjacent to an activating group) is 1. The monoisotopic (exact) mass is 428 g/mol. The molecule has 2 fully saturated rings. The molecule has 4 rings (SSSR count). The zero-order valence-corrected chi connectivity index (χ0v) is 18.2. The van der Waals surface area contributed by atoms with Crippen LogP contribution >= 0.6 is 11.3 Å². The molecule has 0 unspecified atom stereocenters. The molecule has 8 nitrogen and oxygen atoms in total. The Labute approximate surface area is 180 Å². The minimum atomic E-state index is -0.628. The van der Waals surface area contributed by atoms with Gasteiger partial charge in [-0.1, -0.05) is 19.3 Å². The number of amides is 1. The second-order valence-corrected chi connectivity index (χ2v) is 9.22. The third kappa shape index (κ3) is 4.26. The number of carbonyl (C=O) groups is 1. The SMILES string of the molecule is CN(C(=O)CN1CCN(Cc2cc(=O)n3ccsc3n2)CC1)C1(C#N)CCCCC1. The van der Waals surface area contributed by atoms with E-state index in [-0.39, 0.29) is 11.5 Å². The zero-order valence-electron chi connectivity index (χ0n) is 17.4. The average Bonchev–Trinajstić information content (AvgIpc) is 3.24. The maximum atomic E-state index is 12.9. The van der Waals surface area contributed by atoms with Crippen LogP contribution in [0.15, 0.2) is 22.4 Å². The highest BCUT2D eigenvalue weighted by molar-refractivity contribution is 7.15. The molecule has 0 N–H and O–H groups in total. The van der Waals surface area contributed by atoms with E-state index in [1.54, 1.807) is 28.6 Å². The molecule has 0 spiro atoms. The van der Waals surface area contributed by atoms with Gasteiger partial charge in [0.1, 0.15) is 5.54 Å². The Balaban J connectivity index is 1.30. The summed E-state index contributed by atoms with van der Waals surface area (Å²) in [6.07, 6.45) is 6.48. The Kier molecular flexibility index (Phi) is 6.18. The maximum Gasteiger partial charge on any atom is 0.258 e. The number of rotatable bonds is 5. The van der Waals surface area contributed by atoms with Crippen LogP contribution in [0.2, 0.25) is 0 Å². The second kappa shape index (κ2) is 8.84. The van der Waals surface area contributed by atoms with E-state index in [9.17, 15) is 14.9 Å². The van der Waals surface area contributed by atoms with Gasteiger partial charge in [-0.2, -0.15) is 5.26 Å². The van der Waals surface area contributed by atoms with E-state index in [0.29, 0.717) is 13.1 Å². The van der Waals surface area contributed by atoms with E-state index in [0.717, 1.165) is 68.9 Å². The Morgan fingerprint density at radius 2 is 1.93 bits per heavy atom. The number of carbonyl (C=O) groups excluding carboxylic acids is 1. The molecule has 1 saturated carbocycles. The molecule has 1 amide bonds. The van der Waals surface area contributed by atoms with Crippen LogP contribution in [0.1, 0.15) is 37.8 Å². The molecule has 2 aromatic rings.